The lowest BCUT2D eigenvalue weighted by Crippen LogP contribution is -2.21. The van der Waals surface area contributed by atoms with E-state index < -0.39 is 5.91 Å². The summed E-state index contributed by atoms with van der Waals surface area (Å²) in [6, 6.07) is 4.70. The highest BCUT2D eigenvalue weighted by molar-refractivity contribution is 9.11. The van der Waals surface area contributed by atoms with Gasteiger partial charge in [0.1, 0.15) is 5.56 Å². The molecule has 1 aromatic heterocycles. The van der Waals surface area contributed by atoms with Crippen molar-refractivity contribution in [1.29, 1.82) is 0 Å². The van der Waals surface area contributed by atoms with Gasteiger partial charge in [0.2, 0.25) is 0 Å². The van der Waals surface area contributed by atoms with Crippen LogP contribution in [0.1, 0.15) is 10.4 Å². The van der Waals surface area contributed by atoms with Gasteiger partial charge < -0.3 is 16.0 Å². The molecule has 2 aromatic rings. The highest BCUT2D eigenvalue weighted by Crippen LogP contribution is 2.32. The van der Waals surface area contributed by atoms with Crippen LogP contribution in [0.3, 0.4) is 0 Å². The van der Waals surface area contributed by atoms with Crippen molar-refractivity contribution in [2.45, 2.75) is 0 Å². The fourth-order valence-electron chi connectivity index (χ4n) is 1.50. The van der Waals surface area contributed by atoms with E-state index in [2.05, 4.69) is 42.2 Å². The van der Waals surface area contributed by atoms with Crippen LogP contribution in [-0.4, -0.2) is 10.9 Å². The number of pyridine rings is 1. The third-order valence-corrected chi connectivity index (χ3v) is 3.48. The number of nitrogen functional groups attached to an aromatic ring is 1. The van der Waals surface area contributed by atoms with E-state index in [1.807, 2.05) is 0 Å². The summed E-state index contributed by atoms with van der Waals surface area (Å²) in [7, 11) is 0. The minimum atomic E-state index is -0.517. The van der Waals surface area contributed by atoms with Crippen LogP contribution in [0.4, 0.5) is 11.4 Å². The van der Waals surface area contributed by atoms with Gasteiger partial charge in [0.25, 0.3) is 5.91 Å². The quantitative estimate of drug-likeness (QED) is 0.693. The van der Waals surface area contributed by atoms with E-state index in [1.165, 1.54) is 18.5 Å². The summed E-state index contributed by atoms with van der Waals surface area (Å²) in [4.78, 5) is 26.2. The fraction of sp³-hybridized carbons (Fsp3) is 0. The van der Waals surface area contributed by atoms with Gasteiger partial charge in [-0.2, -0.15) is 0 Å². The van der Waals surface area contributed by atoms with Gasteiger partial charge >= 0.3 is 0 Å². The lowest BCUT2D eigenvalue weighted by atomic mass is 10.2. The van der Waals surface area contributed by atoms with Crippen LogP contribution in [-0.2, 0) is 0 Å². The van der Waals surface area contributed by atoms with E-state index in [-0.39, 0.29) is 11.0 Å². The molecule has 0 bridgehead atoms. The summed E-state index contributed by atoms with van der Waals surface area (Å²) < 4.78 is 1.41. The lowest BCUT2D eigenvalue weighted by molar-refractivity contribution is 0.102. The van der Waals surface area contributed by atoms with Crippen LogP contribution in [0, 0.1) is 0 Å². The summed E-state index contributed by atoms with van der Waals surface area (Å²) >= 11 is 6.60. The highest BCUT2D eigenvalue weighted by Gasteiger charge is 2.14. The fourth-order valence-corrected chi connectivity index (χ4v) is 2.86. The number of hydrogen-bond acceptors (Lipinski definition) is 3. The number of H-pyrrole nitrogens is 1. The van der Waals surface area contributed by atoms with E-state index in [0.29, 0.717) is 15.8 Å². The number of rotatable bonds is 2. The van der Waals surface area contributed by atoms with Crippen LogP contribution in [0.2, 0.25) is 0 Å². The molecule has 0 radical (unpaired) electrons. The van der Waals surface area contributed by atoms with Crippen LogP contribution in [0.5, 0.6) is 0 Å². The molecule has 19 heavy (non-hydrogen) atoms. The van der Waals surface area contributed by atoms with E-state index in [4.69, 9.17) is 5.73 Å². The average Bonchev–Trinajstić information content (AvgIpc) is 2.34. The van der Waals surface area contributed by atoms with Crippen molar-refractivity contribution in [2.24, 2.45) is 0 Å². The standard InChI is InChI=1S/C12H9Br2N3O2/c13-6-3-8(14)11(9(15)4-6)17-12(19)7-5-16-2-1-10(7)18/h1-5H,15H2,(H,16,18)(H,17,19). The first kappa shape index (κ1) is 13.8. The summed E-state index contributed by atoms with van der Waals surface area (Å²) in [5.41, 5.74) is 6.31. The van der Waals surface area contributed by atoms with Crippen molar-refractivity contribution in [2.75, 3.05) is 11.1 Å². The van der Waals surface area contributed by atoms with E-state index in [9.17, 15) is 9.59 Å². The smallest absolute Gasteiger partial charge is 0.261 e. The van der Waals surface area contributed by atoms with Crippen molar-refractivity contribution < 1.29 is 4.79 Å². The molecule has 98 valence electrons. The zero-order chi connectivity index (χ0) is 14.0. The topological polar surface area (TPSA) is 88.0 Å². The summed E-state index contributed by atoms with van der Waals surface area (Å²) in [5.74, 6) is -0.517. The molecule has 2 rings (SSSR count). The molecular weight excluding hydrogens is 378 g/mol. The largest absolute Gasteiger partial charge is 0.397 e. The van der Waals surface area contributed by atoms with Crippen molar-refractivity contribution in [3.05, 3.63) is 55.3 Å². The molecule has 5 nitrogen and oxygen atoms in total. The van der Waals surface area contributed by atoms with Crippen molar-refractivity contribution in [3.63, 3.8) is 0 Å². The Morgan fingerprint density at radius 3 is 2.68 bits per heavy atom. The summed E-state index contributed by atoms with van der Waals surface area (Å²) in [6.45, 7) is 0. The number of aromatic nitrogens is 1. The molecule has 1 aromatic carbocycles. The SMILES string of the molecule is Nc1cc(Br)cc(Br)c1NC(=O)c1c[nH]ccc1=O. The van der Waals surface area contributed by atoms with E-state index >= 15 is 0 Å². The second-order valence-corrected chi connectivity index (χ2v) is 5.50. The number of nitrogens with two attached hydrogens (primary N) is 1. The Labute approximate surface area is 125 Å². The molecule has 0 saturated heterocycles. The maximum Gasteiger partial charge on any atom is 0.261 e. The van der Waals surface area contributed by atoms with Crippen LogP contribution in [0.15, 0.2) is 44.3 Å². The second-order valence-electron chi connectivity index (χ2n) is 3.73. The van der Waals surface area contributed by atoms with Gasteiger partial charge in [-0.15, -0.1) is 0 Å². The van der Waals surface area contributed by atoms with Gasteiger partial charge in [-0.25, -0.2) is 0 Å². The Morgan fingerprint density at radius 2 is 2.05 bits per heavy atom. The second kappa shape index (κ2) is 5.58. The Bertz CT molecular complexity index is 674. The predicted molar refractivity (Wildman–Crippen MR) is 81.3 cm³/mol. The molecule has 7 heteroatoms. The molecule has 1 heterocycles. The number of hydrogen-bond donors (Lipinski definition) is 3. The lowest BCUT2D eigenvalue weighted by Gasteiger charge is -2.10. The van der Waals surface area contributed by atoms with E-state index in [0.717, 1.165) is 4.47 Å². The number of carbonyl (C=O) groups excluding carboxylic acids is 1. The van der Waals surface area contributed by atoms with Crippen molar-refractivity contribution in [1.82, 2.24) is 4.98 Å². The minimum Gasteiger partial charge on any atom is -0.397 e. The number of halogens is 2. The normalized spacial score (nSPS) is 10.2. The molecule has 0 atom stereocenters. The summed E-state index contributed by atoms with van der Waals surface area (Å²) in [5, 5.41) is 2.61. The maximum absolute atomic E-state index is 12.0. The Morgan fingerprint density at radius 1 is 1.32 bits per heavy atom. The Hall–Kier alpha value is -1.60. The molecule has 4 N–H and O–H groups in total. The third kappa shape index (κ3) is 3.05. The molecule has 0 fully saturated rings. The van der Waals surface area contributed by atoms with Gasteiger partial charge in [0, 0.05) is 27.4 Å². The zero-order valence-corrected chi connectivity index (χ0v) is 12.7. The molecule has 0 aliphatic carbocycles. The predicted octanol–water partition coefficient (Wildman–Crippen LogP) is 2.73. The zero-order valence-electron chi connectivity index (χ0n) is 9.54. The number of benzene rings is 1. The molecule has 1 amide bonds. The van der Waals surface area contributed by atoms with E-state index in [1.54, 1.807) is 12.1 Å². The van der Waals surface area contributed by atoms with Crippen LogP contribution < -0.4 is 16.5 Å². The molecular formula is C12H9Br2N3O2. The molecule has 0 aliphatic heterocycles. The van der Waals surface area contributed by atoms with Crippen molar-refractivity contribution in [3.8, 4) is 0 Å². The maximum atomic E-state index is 12.0. The van der Waals surface area contributed by atoms with Gasteiger partial charge in [-0.3, -0.25) is 9.59 Å². The molecule has 0 aliphatic rings. The van der Waals surface area contributed by atoms with Crippen molar-refractivity contribution >= 4 is 49.1 Å². The average molecular weight is 387 g/mol. The van der Waals surface area contributed by atoms with Gasteiger partial charge in [-0.1, -0.05) is 15.9 Å². The number of aromatic amines is 1. The first-order valence-corrected chi connectivity index (χ1v) is 6.80. The molecule has 0 saturated carbocycles. The monoisotopic (exact) mass is 385 g/mol. The summed E-state index contributed by atoms with van der Waals surface area (Å²) in [6.07, 6.45) is 2.81. The van der Waals surface area contributed by atoms with Crippen LogP contribution in [0.25, 0.3) is 0 Å². The van der Waals surface area contributed by atoms with Gasteiger partial charge in [0.15, 0.2) is 5.43 Å². The van der Waals surface area contributed by atoms with Gasteiger partial charge in [-0.05, 0) is 28.1 Å². The minimum absolute atomic E-state index is 0.0247. The first-order valence-electron chi connectivity index (χ1n) is 5.22. The first-order chi connectivity index (χ1) is 8.99. The third-order valence-electron chi connectivity index (χ3n) is 2.39. The number of anilines is 2. The number of amides is 1. The molecule has 0 spiro atoms. The molecule has 0 unspecified atom stereocenters. The Balaban J connectivity index is 2.35. The van der Waals surface area contributed by atoms with Gasteiger partial charge in [0.05, 0.1) is 11.4 Å². The van der Waals surface area contributed by atoms with Crippen LogP contribution >= 0.6 is 31.9 Å². The highest BCUT2D eigenvalue weighted by atomic mass is 79.9. The number of carbonyl (C=O) groups is 1. The number of nitrogens with one attached hydrogen (secondary N) is 2. The Kier molecular flexibility index (Phi) is 4.06.